The van der Waals surface area contributed by atoms with Gasteiger partial charge in [-0.2, -0.15) is 4.31 Å². The molecule has 8 heteroatoms. The van der Waals surface area contributed by atoms with Gasteiger partial charge in [0.05, 0.1) is 0 Å². The quantitative estimate of drug-likeness (QED) is 0.630. The molecule has 1 rings (SSSR count). The van der Waals surface area contributed by atoms with Crippen LogP contribution in [-0.2, 0) is 19.9 Å². The van der Waals surface area contributed by atoms with Crippen molar-refractivity contribution < 1.29 is 16.8 Å². The number of sulfone groups is 1. The number of nitrogens with one attached hydrogen (secondary N) is 1. The summed E-state index contributed by atoms with van der Waals surface area (Å²) >= 11 is 0. The SMILES string of the molecule is CN(C1CNC1)S(=O)(=O)CS(C)(=O)=O. The second-order valence-corrected chi connectivity index (χ2v) is 8.02. The number of rotatable bonds is 4. The summed E-state index contributed by atoms with van der Waals surface area (Å²) in [6.07, 6.45) is 0.914. The molecule has 0 aliphatic carbocycles. The van der Waals surface area contributed by atoms with Gasteiger partial charge in [0.15, 0.2) is 14.9 Å². The highest BCUT2D eigenvalue weighted by Gasteiger charge is 2.32. The zero-order valence-electron chi connectivity index (χ0n) is 8.10. The van der Waals surface area contributed by atoms with Gasteiger partial charge in [0.1, 0.15) is 0 Å². The van der Waals surface area contributed by atoms with Gasteiger partial charge in [0.25, 0.3) is 0 Å². The molecule has 1 fully saturated rings. The zero-order chi connectivity index (χ0) is 11.0. The smallest absolute Gasteiger partial charge is 0.228 e. The summed E-state index contributed by atoms with van der Waals surface area (Å²) in [5, 5.41) is 2.11. The molecule has 0 amide bonds. The molecular formula is C6H14N2O4S2. The van der Waals surface area contributed by atoms with Gasteiger partial charge in [-0.3, -0.25) is 0 Å². The molecule has 0 spiro atoms. The van der Waals surface area contributed by atoms with E-state index in [1.54, 1.807) is 0 Å². The molecule has 0 aromatic heterocycles. The third kappa shape index (κ3) is 2.91. The molecule has 6 nitrogen and oxygen atoms in total. The highest BCUT2D eigenvalue weighted by atomic mass is 32.3. The lowest BCUT2D eigenvalue weighted by Gasteiger charge is -2.34. The van der Waals surface area contributed by atoms with E-state index in [4.69, 9.17) is 0 Å². The molecule has 1 saturated heterocycles. The Kier molecular flexibility index (Phi) is 3.20. The Morgan fingerprint density at radius 2 is 1.79 bits per heavy atom. The van der Waals surface area contributed by atoms with Crippen molar-refractivity contribution in [1.82, 2.24) is 9.62 Å². The van der Waals surface area contributed by atoms with Crippen LogP contribution in [0.2, 0.25) is 0 Å². The van der Waals surface area contributed by atoms with E-state index in [0.717, 1.165) is 10.6 Å². The maximum atomic E-state index is 11.5. The van der Waals surface area contributed by atoms with Crippen LogP contribution in [0.5, 0.6) is 0 Å². The third-order valence-corrected chi connectivity index (χ3v) is 6.16. The van der Waals surface area contributed by atoms with Crippen LogP contribution in [0, 0.1) is 0 Å². The Morgan fingerprint density at radius 3 is 2.07 bits per heavy atom. The molecular weight excluding hydrogens is 228 g/mol. The van der Waals surface area contributed by atoms with E-state index in [0.29, 0.717) is 13.1 Å². The average Bonchev–Trinajstić information content (AvgIpc) is 1.76. The van der Waals surface area contributed by atoms with Gasteiger partial charge >= 0.3 is 0 Å². The maximum Gasteiger partial charge on any atom is 0.228 e. The first kappa shape index (κ1) is 11.9. The van der Waals surface area contributed by atoms with Gasteiger partial charge in [-0.1, -0.05) is 0 Å². The van der Waals surface area contributed by atoms with Crippen LogP contribution in [0.3, 0.4) is 0 Å². The summed E-state index contributed by atoms with van der Waals surface area (Å²) in [6.45, 7) is 1.17. The van der Waals surface area contributed by atoms with Crippen molar-refractivity contribution >= 4 is 19.9 Å². The fraction of sp³-hybridized carbons (Fsp3) is 1.00. The molecule has 0 aromatic carbocycles. The standard InChI is InChI=1S/C6H14N2O4S2/c1-8(6-3-7-4-6)14(11,12)5-13(2,9)10/h6-7H,3-5H2,1-2H3. The molecule has 1 aliphatic heterocycles. The molecule has 1 heterocycles. The van der Waals surface area contributed by atoms with Crippen molar-refractivity contribution in [1.29, 1.82) is 0 Å². The third-order valence-electron chi connectivity index (χ3n) is 2.08. The minimum Gasteiger partial charge on any atom is -0.313 e. The van der Waals surface area contributed by atoms with Crippen LogP contribution >= 0.6 is 0 Å². The summed E-state index contributed by atoms with van der Waals surface area (Å²) in [7, 11) is -5.76. The second-order valence-electron chi connectivity index (χ2n) is 3.48. The number of hydrogen-bond acceptors (Lipinski definition) is 5. The normalized spacial score (nSPS) is 19.6. The maximum absolute atomic E-state index is 11.5. The van der Waals surface area contributed by atoms with Crippen molar-refractivity contribution in [2.24, 2.45) is 0 Å². The number of sulfonamides is 1. The second kappa shape index (κ2) is 3.76. The molecule has 0 unspecified atom stereocenters. The summed E-state index contributed by atoms with van der Waals surface area (Å²) in [4.78, 5) is 0. The van der Waals surface area contributed by atoms with Crippen molar-refractivity contribution in [3.05, 3.63) is 0 Å². The van der Waals surface area contributed by atoms with E-state index in [1.807, 2.05) is 0 Å². The van der Waals surface area contributed by atoms with Crippen molar-refractivity contribution in [2.75, 3.05) is 31.5 Å². The van der Waals surface area contributed by atoms with Gasteiger partial charge in [-0.05, 0) is 0 Å². The van der Waals surface area contributed by atoms with E-state index in [9.17, 15) is 16.8 Å². The van der Waals surface area contributed by atoms with E-state index in [2.05, 4.69) is 5.32 Å². The highest BCUT2D eigenvalue weighted by molar-refractivity contribution is 8.06. The van der Waals surface area contributed by atoms with Crippen molar-refractivity contribution in [2.45, 2.75) is 6.04 Å². The Bertz CT molecular complexity index is 396. The van der Waals surface area contributed by atoms with Gasteiger partial charge in [-0.15, -0.1) is 0 Å². The minimum absolute atomic E-state index is 0.109. The molecule has 0 aromatic rings. The molecule has 84 valence electrons. The molecule has 0 bridgehead atoms. The van der Waals surface area contributed by atoms with Crippen molar-refractivity contribution in [3.8, 4) is 0 Å². The molecule has 0 atom stereocenters. The Hall–Kier alpha value is -0.180. The van der Waals surface area contributed by atoms with Gasteiger partial charge in [0, 0.05) is 32.4 Å². The van der Waals surface area contributed by atoms with Crippen molar-refractivity contribution in [3.63, 3.8) is 0 Å². The minimum atomic E-state index is -3.67. The van der Waals surface area contributed by atoms with E-state index in [1.165, 1.54) is 7.05 Å². The molecule has 0 saturated carbocycles. The monoisotopic (exact) mass is 242 g/mol. The predicted octanol–water partition coefficient (Wildman–Crippen LogP) is -1.78. The van der Waals surface area contributed by atoms with E-state index >= 15 is 0 Å². The van der Waals surface area contributed by atoms with Gasteiger partial charge in [0.2, 0.25) is 10.0 Å². The Morgan fingerprint density at radius 1 is 1.29 bits per heavy atom. The number of hydrogen-bond donors (Lipinski definition) is 1. The Labute approximate surface area is 84.3 Å². The topological polar surface area (TPSA) is 83.6 Å². The van der Waals surface area contributed by atoms with Crippen LogP contribution in [0.4, 0.5) is 0 Å². The van der Waals surface area contributed by atoms with Crippen LogP contribution in [0.15, 0.2) is 0 Å². The molecule has 1 aliphatic rings. The van der Waals surface area contributed by atoms with Gasteiger partial charge in [-0.25, -0.2) is 16.8 Å². The highest BCUT2D eigenvalue weighted by Crippen LogP contribution is 2.10. The molecule has 0 radical (unpaired) electrons. The summed E-state index contributed by atoms with van der Waals surface area (Å²) in [5.74, 6) is 0. The lowest BCUT2D eigenvalue weighted by atomic mass is 10.2. The fourth-order valence-corrected chi connectivity index (χ4v) is 4.54. The van der Waals surface area contributed by atoms with E-state index in [-0.39, 0.29) is 6.04 Å². The first-order valence-electron chi connectivity index (χ1n) is 4.06. The first-order chi connectivity index (χ1) is 6.22. The van der Waals surface area contributed by atoms with Crippen LogP contribution in [0.1, 0.15) is 0 Å². The fourth-order valence-electron chi connectivity index (χ4n) is 1.11. The summed E-state index contributed by atoms with van der Waals surface area (Å²) in [6, 6.07) is -0.109. The molecule has 1 N–H and O–H groups in total. The van der Waals surface area contributed by atoms with Crippen LogP contribution < -0.4 is 5.32 Å². The van der Waals surface area contributed by atoms with E-state index < -0.39 is 24.9 Å². The van der Waals surface area contributed by atoms with Crippen LogP contribution in [-0.4, -0.2) is 58.7 Å². The average molecular weight is 242 g/mol. The number of likely N-dealkylation sites (N-methyl/N-ethyl adjacent to an activating group) is 1. The molecule has 14 heavy (non-hydrogen) atoms. The lowest BCUT2D eigenvalue weighted by Crippen LogP contribution is -2.57. The lowest BCUT2D eigenvalue weighted by molar-refractivity contribution is 0.275. The zero-order valence-corrected chi connectivity index (χ0v) is 9.73. The largest absolute Gasteiger partial charge is 0.313 e. The summed E-state index contributed by atoms with van der Waals surface area (Å²) < 4.78 is 45.8. The predicted molar refractivity (Wildman–Crippen MR) is 53.1 cm³/mol. The van der Waals surface area contributed by atoms with Gasteiger partial charge < -0.3 is 5.32 Å². The van der Waals surface area contributed by atoms with Crippen LogP contribution in [0.25, 0.3) is 0 Å². The first-order valence-corrected chi connectivity index (χ1v) is 7.73. The summed E-state index contributed by atoms with van der Waals surface area (Å²) in [5.41, 5.74) is 0. The number of nitrogens with zero attached hydrogens (tertiary/aromatic N) is 1. The Balaban J connectivity index is 2.74.